The number of benzene rings is 4. The molecule has 0 heterocycles. The number of allylic oxidation sites excluding steroid dienone is 2. The Balaban J connectivity index is 1.47. The van der Waals surface area contributed by atoms with Gasteiger partial charge >= 0.3 is 0 Å². The van der Waals surface area contributed by atoms with Crippen LogP contribution in [-0.2, 0) is 12.8 Å². The van der Waals surface area contributed by atoms with Crippen LogP contribution in [-0.4, -0.2) is 0 Å². The zero-order valence-electron chi connectivity index (χ0n) is 24.4. The SMILES string of the molecule is CCC(CC)(C1=Cc2c(cccc2-c2c(C)cccc2C)C1)C1=Cc2c(cccc2-c2c(C)cccc2C)C1. The number of aryl methyl sites for hydroxylation is 4. The molecule has 0 spiro atoms. The third kappa shape index (κ3) is 4.04. The largest absolute Gasteiger partial charge is 0.0642 e. The molecule has 0 amide bonds. The van der Waals surface area contributed by atoms with Crippen LogP contribution in [0.5, 0.6) is 0 Å². The Morgan fingerprint density at radius 2 is 0.872 bits per heavy atom. The van der Waals surface area contributed by atoms with Crippen LogP contribution in [0.1, 0.15) is 71.2 Å². The van der Waals surface area contributed by atoms with Crippen molar-refractivity contribution in [3.8, 4) is 22.3 Å². The van der Waals surface area contributed by atoms with Gasteiger partial charge in [-0.25, -0.2) is 0 Å². The molecule has 0 radical (unpaired) electrons. The first-order chi connectivity index (χ1) is 18.9. The van der Waals surface area contributed by atoms with Crippen molar-refractivity contribution >= 4 is 12.2 Å². The molecule has 4 aromatic rings. The average molecular weight is 509 g/mol. The van der Waals surface area contributed by atoms with Gasteiger partial charge in [-0.3, -0.25) is 0 Å². The van der Waals surface area contributed by atoms with E-state index in [2.05, 4.69) is 126 Å². The lowest BCUT2D eigenvalue weighted by Gasteiger charge is -2.35. The molecule has 0 unspecified atom stereocenters. The van der Waals surface area contributed by atoms with E-state index >= 15 is 0 Å². The molecular formula is C39H40. The molecule has 0 bridgehead atoms. The minimum atomic E-state index is 0.0775. The molecule has 0 saturated heterocycles. The minimum Gasteiger partial charge on any atom is -0.0642 e. The van der Waals surface area contributed by atoms with Crippen LogP contribution in [0.4, 0.5) is 0 Å². The van der Waals surface area contributed by atoms with Gasteiger partial charge in [0, 0.05) is 5.41 Å². The highest BCUT2D eigenvalue weighted by atomic mass is 14.4. The van der Waals surface area contributed by atoms with Crippen LogP contribution >= 0.6 is 0 Å². The highest BCUT2D eigenvalue weighted by molar-refractivity contribution is 5.87. The van der Waals surface area contributed by atoms with Gasteiger partial charge in [-0.1, -0.05) is 110 Å². The zero-order chi connectivity index (χ0) is 27.3. The van der Waals surface area contributed by atoms with Gasteiger partial charge in [0.1, 0.15) is 0 Å². The summed E-state index contributed by atoms with van der Waals surface area (Å²) >= 11 is 0. The zero-order valence-corrected chi connectivity index (χ0v) is 24.4. The molecule has 0 fully saturated rings. The molecule has 0 N–H and O–H groups in total. The fourth-order valence-corrected chi connectivity index (χ4v) is 7.63. The highest BCUT2D eigenvalue weighted by Gasteiger charge is 2.39. The van der Waals surface area contributed by atoms with Crippen LogP contribution in [0, 0.1) is 33.1 Å². The van der Waals surface area contributed by atoms with Crippen molar-refractivity contribution in [2.24, 2.45) is 5.41 Å². The van der Waals surface area contributed by atoms with Crippen LogP contribution < -0.4 is 0 Å². The fourth-order valence-electron chi connectivity index (χ4n) is 7.63. The molecule has 2 aliphatic rings. The summed E-state index contributed by atoms with van der Waals surface area (Å²) in [5, 5.41) is 0. The third-order valence-electron chi connectivity index (χ3n) is 9.73. The molecule has 0 nitrogen and oxygen atoms in total. The van der Waals surface area contributed by atoms with Gasteiger partial charge in [0.25, 0.3) is 0 Å². The molecule has 2 aliphatic carbocycles. The lowest BCUT2D eigenvalue weighted by molar-refractivity contribution is 0.390. The van der Waals surface area contributed by atoms with E-state index in [-0.39, 0.29) is 5.41 Å². The second-order valence-electron chi connectivity index (χ2n) is 11.8. The first kappa shape index (κ1) is 25.6. The third-order valence-corrected chi connectivity index (χ3v) is 9.73. The Labute approximate surface area is 235 Å². The average Bonchev–Trinajstić information content (AvgIpc) is 3.56. The lowest BCUT2D eigenvalue weighted by Crippen LogP contribution is -2.25. The molecule has 4 aromatic carbocycles. The predicted octanol–water partition coefficient (Wildman–Crippen LogP) is 10.6. The van der Waals surface area contributed by atoms with Crippen molar-refractivity contribution in [3.05, 3.63) is 128 Å². The molecule has 0 aliphatic heterocycles. The van der Waals surface area contributed by atoms with Gasteiger partial charge in [0.2, 0.25) is 0 Å². The van der Waals surface area contributed by atoms with Crippen LogP contribution in [0.15, 0.2) is 83.9 Å². The van der Waals surface area contributed by atoms with E-state index in [1.807, 2.05) is 0 Å². The van der Waals surface area contributed by atoms with E-state index < -0.39 is 0 Å². The van der Waals surface area contributed by atoms with Crippen molar-refractivity contribution < 1.29 is 0 Å². The van der Waals surface area contributed by atoms with Gasteiger partial charge < -0.3 is 0 Å². The topological polar surface area (TPSA) is 0 Å². The molecular weight excluding hydrogens is 468 g/mol. The van der Waals surface area contributed by atoms with Crippen LogP contribution in [0.2, 0.25) is 0 Å². The number of fused-ring (bicyclic) bond motifs is 2. The highest BCUT2D eigenvalue weighted by Crippen LogP contribution is 2.53. The van der Waals surface area contributed by atoms with Crippen molar-refractivity contribution in [2.75, 3.05) is 0 Å². The van der Waals surface area contributed by atoms with E-state index in [9.17, 15) is 0 Å². The molecule has 0 heteroatoms. The van der Waals surface area contributed by atoms with Gasteiger partial charge in [-0.15, -0.1) is 0 Å². The summed E-state index contributed by atoms with van der Waals surface area (Å²) in [6.07, 6.45) is 9.49. The second-order valence-corrected chi connectivity index (χ2v) is 11.8. The maximum atomic E-state index is 2.57. The van der Waals surface area contributed by atoms with Gasteiger partial charge in [0.05, 0.1) is 0 Å². The number of hydrogen-bond donors (Lipinski definition) is 0. The van der Waals surface area contributed by atoms with Gasteiger partial charge in [-0.2, -0.15) is 0 Å². The number of rotatable bonds is 6. The van der Waals surface area contributed by atoms with Crippen LogP contribution in [0.3, 0.4) is 0 Å². The molecule has 6 rings (SSSR count). The van der Waals surface area contributed by atoms with Gasteiger partial charge in [0.15, 0.2) is 0 Å². The smallest absolute Gasteiger partial charge is 0.0129 e. The maximum Gasteiger partial charge on any atom is 0.0129 e. The summed E-state index contributed by atoms with van der Waals surface area (Å²) in [7, 11) is 0. The Hall–Kier alpha value is -3.64. The Morgan fingerprint density at radius 3 is 1.23 bits per heavy atom. The summed E-state index contributed by atoms with van der Waals surface area (Å²) in [6, 6.07) is 27.2. The van der Waals surface area contributed by atoms with Crippen LogP contribution in [0.25, 0.3) is 34.4 Å². The first-order valence-electron chi connectivity index (χ1n) is 14.7. The van der Waals surface area contributed by atoms with Crippen molar-refractivity contribution in [3.63, 3.8) is 0 Å². The van der Waals surface area contributed by atoms with E-state index in [1.165, 1.54) is 66.8 Å². The second kappa shape index (κ2) is 9.83. The normalized spacial score (nSPS) is 14.2. The Kier molecular flexibility index (Phi) is 6.46. The van der Waals surface area contributed by atoms with Crippen molar-refractivity contribution in [1.29, 1.82) is 0 Å². The van der Waals surface area contributed by atoms with Gasteiger partial charge in [-0.05, 0) is 120 Å². The van der Waals surface area contributed by atoms with E-state index in [0.717, 1.165) is 25.7 Å². The summed E-state index contributed by atoms with van der Waals surface area (Å²) < 4.78 is 0. The fraction of sp³-hybridized carbons (Fsp3) is 0.282. The Morgan fingerprint density at radius 1 is 0.513 bits per heavy atom. The molecule has 0 aromatic heterocycles. The van der Waals surface area contributed by atoms with E-state index in [0.29, 0.717) is 0 Å². The first-order valence-corrected chi connectivity index (χ1v) is 14.7. The molecule has 0 saturated carbocycles. The predicted molar refractivity (Wildman–Crippen MR) is 169 cm³/mol. The summed E-state index contributed by atoms with van der Waals surface area (Å²) in [4.78, 5) is 0. The summed E-state index contributed by atoms with van der Waals surface area (Å²) in [5.41, 5.74) is 20.1. The monoisotopic (exact) mass is 508 g/mol. The standard InChI is InChI=1S/C39H40/c1-7-39(8-2,31-21-29-17-11-19-33(35(29)23-31)37-25(3)13-9-14-26(37)4)32-22-30-18-12-20-34(36(30)24-32)38-27(5)15-10-16-28(38)6/h9-20,23-24H,7-8,21-22H2,1-6H3. The minimum absolute atomic E-state index is 0.0775. The molecule has 0 atom stereocenters. The molecule has 196 valence electrons. The Bertz CT molecular complexity index is 1490. The molecule has 39 heavy (non-hydrogen) atoms. The number of hydrogen-bond acceptors (Lipinski definition) is 0. The van der Waals surface area contributed by atoms with E-state index in [4.69, 9.17) is 0 Å². The summed E-state index contributed by atoms with van der Waals surface area (Å²) in [6.45, 7) is 13.8. The lowest BCUT2D eigenvalue weighted by atomic mass is 9.68. The quantitative estimate of drug-likeness (QED) is 0.243. The van der Waals surface area contributed by atoms with E-state index in [1.54, 1.807) is 11.1 Å². The maximum absolute atomic E-state index is 2.57. The van der Waals surface area contributed by atoms with Crippen molar-refractivity contribution in [2.45, 2.75) is 67.2 Å². The summed E-state index contributed by atoms with van der Waals surface area (Å²) in [5.74, 6) is 0. The van der Waals surface area contributed by atoms with Crippen molar-refractivity contribution in [1.82, 2.24) is 0 Å².